The summed E-state index contributed by atoms with van der Waals surface area (Å²) in [5, 5.41) is 10.3. The van der Waals surface area contributed by atoms with E-state index in [1.165, 1.54) is 5.56 Å². The molecule has 4 nitrogen and oxygen atoms in total. The summed E-state index contributed by atoms with van der Waals surface area (Å²) in [6.07, 6.45) is 0. The summed E-state index contributed by atoms with van der Waals surface area (Å²) >= 11 is 0. The summed E-state index contributed by atoms with van der Waals surface area (Å²) in [4.78, 5) is 0. The number of hydrogen-bond donors (Lipinski definition) is 3. The summed E-state index contributed by atoms with van der Waals surface area (Å²) in [6, 6.07) is 0. The fourth-order valence-corrected chi connectivity index (χ4v) is 1.15. The van der Waals surface area contributed by atoms with E-state index in [9.17, 15) is 0 Å². The van der Waals surface area contributed by atoms with Gasteiger partial charge in [-0.05, 0) is 13.8 Å². The van der Waals surface area contributed by atoms with Crippen molar-refractivity contribution < 1.29 is 0 Å². The molecule has 1 aromatic rings. The highest BCUT2D eigenvalue weighted by molar-refractivity contribution is 5.22. The molecule has 0 aliphatic carbocycles. The molecule has 1 rings (SSSR count). The summed E-state index contributed by atoms with van der Waals surface area (Å²) in [5.74, 6) is 0. The zero-order chi connectivity index (χ0) is 8.97. The molecule has 0 unspecified atom stereocenters. The van der Waals surface area contributed by atoms with Crippen molar-refractivity contribution in [3.63, 3.8) is 0 Å². The first kappa shape index (κ1) is 9.22. The van der Waals surface area contributed by atoms with Crippen LogP contribution < -0.4 is 11.1 Å². The highest BCUT2D eigenvalue weighted by Crippen LogP contribution is 2.07. The minimum atomic E-state index is 0.677. The fraction of sp³-hybridized carbons (Fsp3) is 0.625. The maximum Gasteiger partial charge on any atom is 0.0638 e. The first-order valence-corrected chi connectivity index (χ1v) is 4.17. The van der Waals surface area contributed by atoms with E-state index < -0.39 is 0 Å². The predicted octanol–water partition coefficient (Wildman–Crippen LogP) is 0.0748. The SMILES string of the molecule is Cc1n[nH]c(C)c1CNCCN. The molecule has 1 heterocycles. The molecule has 0 spiro atoms. The number of H-pyrrole nitrogens is 1. The Balaban J connectivity index is 2.50. The summed E-state index contributed by atoms with van der Waals surface area (Å²) in [5.41, 5.74) is 8.81. The van der Waals surface area contributed by atoms with Crippen LogP contribution in [0.1, 0.15) is 17.0 Å². The molecule has 0 radical (unpaired) electrons. The van der Waals surface area contributed by atoms with E-state index >= 15 is 0 Å². The molecule has 0 aliphatic heterocycles. The van der Waals surface area contributed by atoms with Crippen LogP contribution in [0.2, 0.25) is 0 Å². The van der Waals surface area contributed by atoms with Gasteiger partial charge >= 0.3 is 0 Å². The van der Waals surface area contributed by atoms with Gasteiger partial charge in [0, 0.05) is 30.9 Å². The topological polar surface area (TPSA) is 66.7 Å². The highest BCUT2D eigenvalue weighted by Gasteiger charge is 2.03. The Bertz CT molecular complexity index is 222. The molecule has 4 N–H and O–H groups in total. The third-order valence-corrected chi connectivity index (χ3v) is 1.90. The Morgan fingerprint density at radius 1 is 1.50 bits per heavy atom. The van der Waals surface area contributed by atoms with Gasteiger partial charge in [0.15, 0.2) is 0 Å². The maximum absolute atomic E-state index is 5.36. The van der Waals surface area contributed by atoms with E-state index in [-0.39, 0.29) is 0 Å². The molecule has 0 bridgehead atoms. The van der Waals surface area contributed by atoms with E-state index in [0.29, 0.717) is 6.54 Å². The summed E-state index contributed by atoms with van der Waals surface area (Å²) < 4.78 is 0. The van der Waals surface area contributed by atoms with Crippen LogP contribution in [0.15, 0.2) is 0 Å². The van der Waals surface area contributed by atoms with Gasteiger partial charge < -0.3 is 11.1 Å². The van der Waals surface area contributed by atoms with E-state index in [4.69, 9.17) is 5.73 Å². The molecular weight excluding hydrogens is 152 g/mol. The van der Waals surface area contributed by atoms with Crippen molar-refractivity contribution in [1.82, 2.24) is 15.5 Å². The van der Waals surface area contributed by atoms with Gasteiger partial charge in [-0.1, -0.05) is 0 Å². The molecule has 68 valence electrons. The Labute approximate surface area is 72.5 Å². The quantitative estimate of drug-likeness (QED) is 0.557. The number of aromatic amines is 1. The largest absolute Gasteiger partial charge is 0.329 e. The number of nitrogens with two attached hydrogens (primary N) is 1. The van der Waals surface area contributed by atoms with Crippen molar-refractivity contribution in [1.29, 1.82) is 0 Å². The van der Waals surface area contributed by atoms with Gasteiger partial charge in [0.05, 0.1) is 5.69 Å². The van der Waals surface area contributed by atoms with Crippen molar-refractivity contribution in [2.75, 3.05) is 13.1 Å². The van der Waals surface area contributed by atoms with Gasteiger partial charge in [-0.25, -0.2) is 0 Å². The average Bonchev–Trinajstić information content (AvgIpc) is 2.35. The predicted molar refractivity (Wildman–Crippen MR) is 48.8 cm³/mol. The van der Waals surface area contributed by atoms with Gasteiger partial charge in [0.25, 0.3) is 0 Å². The first-order chi connectivity index (χ1) is 5.75. The number of rotatable bonds is 4. The van der Waals surface area contributed by atoms with Crippen LogP contribution in [-0.2, 0) is 6.54 Å². The minimum Gasteiger partial charge on any atom is -0.329 e. The van der Waals surface area contributed by atoms with Crippen LogP contribution in [0, 0.1) is 13.8 Å². The lowest BCUT2D eigenvalue weighted by molar-refractivity contribution is 0.690. The summed E-state index contributed by atoms with van der Waals surface area (Å²) in [7, 11) is 0. The van der Waals surface area contributed by atoms with Crippen LogP contribution in [0.3, 0.4) is 0 Å². The van der Waals surface area contributed by atoms with Crippen LogP contribution >= 0.6 is 0 Å². The molecule has 0 amide bonds. The number of aryl methyl sites for hydroxylation is 2. The Morgan fingerprint density at radius 2 is 2.25 bits per heavy atom. The lowest BCUT2D eigenvalue weighted by Gasteiger charge is -2.02. The second-order valence-corrected chi connectivity index (χ2v) is 2.88. The fourth-order valence-electron chi connectivity index (χ4n) is 1.15. The van der Waals surface area contributed by atoms with E-state index in [2.05, 4.69) is 15.5 Å². The second-order valence-electron chi connectivity index (χ2n) is 2.88. The number of nitrogens with one attached hydrogen (secondary N) is 2. The van der Waals surface area contributed by atoms with Crippen LogP contribution in [0.5, 0.6) is 0 Å². The molecule has 0 saturated heterocycles. The van der Waals surface area contributed by atoms with E-state index in [0.717, 1.165) is 24.5 Å². The molecule has 1 aromatic heterocycles. The second kappa shape index (κ2) is 4.23. The van der Waals surface area contributed by atoms with Crippen molar-refractivity contribution in [2.24, 2.45) is 5.73 Å². The highest BCUT2D eigenvalue weighted by atomic mass is 15.1. The first-order valence-electron chi connectivity index (χ1n) is 4.17. The lowest BCUT2D eigenvalue weighted by Crippen LogP contribution is -2.22. The van der Waals surface area contributed by atoms with Crippen LogP contribution in [0.4, 0.5) is 0 Å². The van der Waals surface area contributed by atoms with E-state index in [1.54, 1.807) is 0 Å². The van der Waals surface area contributed by atoms with E-state index in [1.807, 2.05) is 13.8 Å². The zero-order valence-corrected chi connectivity index (χ0v) is 7.65. The van der Waals surface area contributed by atoms with Gasteiger partial charge in [-0.15, -0.1) is 0 Å². The zero-order valence-electron chi connectivity index (χ0n) is 7.65. The number of aromatic nitrogens is 2. The van der Waals surface area contributed by atoms with Gasteiger partial charge in [-0.2, -0.15) is 5.10 Å². The van der Waals surface area contributed by atoms with Gasteiger partial charge in [0.2, 0.25) is 0 Å². The number of hydrogen-bond acceptors (Lipinski definition) is 3. The van der Waals surface area contributed by atoms with Crippen molar-refractivity contribution in [2.45, 2.75) is 20.4 Å². The normalized spacial score (nSPS) is 10.6. The summed E-state index contributed by atoms with van der Waals surface area (Å²) in [6.45, 7) is 6.41. The third-order valence-electron chi connectivity index (χ3n) is 1.90. The maximum atomic E-state index is 5.36. The van der Waals surface area contributed by atoms with Crippen molar-refractivity contribution in [3.8, 4) is 0 Å². The Hall–Kier alpha value is -0.870. The molecule has 0 fully saturated rings. The van der Waals surface area contributed by atoms with Crippen LogP contribution in [0.25, 0.3) is 0 Å². The van der Waals surface area contributed by atoms with Gasteiger partial charge in [0.1, 0.15) is 0 Å². The lowest BCUT2D eigenvalue weighted by atomic mass is 10.2. The van der Waals surface area contributed by atoms with Crippen molar-refractivity contribution in [3.05, 3.63) is 17.0 Å². The average molecular weight is 168 g/mol. The minimum absolute atomic E-state index is 0.677. The van der Waals surface area contributed by atoms with Crippen LogP contribution in [-0.4, -0.2) is 23.3 Å². The smallest absolute Gasteiger partial charge is 0.0638 e. The Kier molecular flexibility index (Phi) is 3.25. The molecule has 0 saturated carbocycles. The number of nitrogens with zero attached hydrogens (tertiary/aromatic N) is 1. The molecule has 0 aliphatic rings. The third kappa shape index (κ3) is 2.06. The molecule has 12 heavy (non-hydrogen) atoms. The molecule has 4 heteroatoms. The molecule has 0 atom stereocenters. The molecule has 0 aromatic carbocycles. The molecular formula is C8H16N4. The Morgan fingerprint density at radius 3 is 2.75 bits per heavy atom. The van der Waals surface area contributed by atoms with Gasteiger partial charge in [-0.3, -0.25) is 5.10 Å². The monoisotopic (exact) mass is 168 g/mol. The standard InChI is InChI=1S/C8H16N4/c1-6-8(5-10-4-3-9)7(2)12-11-6/h10H,3-5,9H2,1-2H3,(H,11,12). The van der Waals surface area contributed by atoms with Crippen molar-refractivity contribution >= 4 is 0 Å².